The Kier molecular flexibility index (Phi) is 3.60. The molecule has 2 aliphatic heterocycles. The van der Waals surface area contributed by atoms with Gasteiger partial charge in [-0.2, -0.15) is 0 Å². The van der Waals surface area contributed by atoms with E-state index in [-0.39, 0.29) is 26.2 Å². The first-order valence-electron chi connectivity index (χ1n) is 8.23. The fourth-order valence-corrected chi connectivity index (χ4v) is 3.64. The largest absolute Gasteiger partial charge is 0.329 e. The first-order chi connectivity index (χ1) is 12.5. The standard InChI is InChI=1S/C18H16N4O4/c19-5-7-21-15(23)9-1-2-10-14-12(4-3-11(13(9)14)17(21)25)18(26)22(8-6-20)16(10)24/h1-4H,5-8,19-20H2. The van der Waals surface area contributed by atoms with Crippen LogP contribution >= 0.6 is 0 Å². The molecule has 26 heavy (non-hydrogen) atoms. The Morgan fingerprint density at radius 1 is 0.577 bits per heavy atom. The van der Waals surface area contributed by atoms with Crippen molar-refractivity contribution in [3.05, 3.63) is 46.5 Å². The van der Waals surface area contributed by atoms with Crippen LogP contribution in [0.4, 0.5) is 0 Å². The smallest absolute Gasteiger partial charge is 0.261 e. The maximum Gasteiger partial charge on any atom is 0.261 e. The van der Waals surface area contributed by atoms with Crippen LogP contribution in [0, 0.1) is 0 Å². The van der Waals surface area contributed by atoms with E-state index in [1.807, 2.05) is 0 Å². The summed E-state index contributed by atoms with van der Waals surface area (Å²) >= 11 is 0. The number of nitrogens with two attached hydrogens (primary N) is 2. The molecular weight excluding hydrogens is 336 g/mol. The molecule has 2 aromatic carbocycles. The third kappa shape index (κ3) is 1.97. The fraction of sp³-hybridized carbons (Fsp3) is 0.222. The summed E-state index contributed by atoms with van der Waals surface area (Å²) < 4.78 is 0. The van der Waals surface area contributed by atoms with Crippen molar-refractivity contribution in [1.82, 2.24) is 9.80 Å². The molecule has 0 spiro atoms. The van der Waals surface area contributed by atoms with Gasteiger partial charge in [0.15, 0.2) is 0 Å². The number of rotatable bonds is 4. The number of imide groups is 2. The Labute approximate surface area is 148 Å². The molecule has 8 nitrogen and oxygen atoms in total. The number of nitrogens with zero attached hydrogens (tertiary/aromatic N) is 2. The summed E-state index contributed by atoms with van der Waals surface area (Å²) in [5, 5.41) is 0.717. The summed E-state index contributed by atoms with van der Waals surface area (Å²) in [6.45, 7) is 0.503. The summed E-state index contributed by atoms with van der Waals surface area (Å²) in [5.74, 6) is -1.89. The quantitative estimate of drug-likeness (QED) is 0.743. The lowest BCUT2D eigenvalue weighted by molar-refractivity contribution is 0.0594. The van der Waals surface area contributed by atoms with E-state index >= 15 is 0 Å². The Balaban J connectivity index is 2.02. The van der Waals surface area contributed by atoms with Gasteiger partial charge in [0.2, 0.25) is 0 Å². The van der Waals surface area contributed by atoms with Crippen LogP contribution in [0.5, 0.6) is 0 Å². The highest BCUT2D eigenvalue weighted by molar-refractivity contribution is 6.33. The molecule has 0 unspecified atom stereocenters. The van der Waals surface area contributed by atoms with Crippen molar-refractivity contribution >= 4 is 34.4 Å². The zero-order chi connectivity index (χ0) is 18.6. The van der Waals surface area contributed by atoms with Crippen LogP contribution in [-0.4, -0.2) is 59.6 Å². The van der Waals surface area contributed by atoms with Crippen LogP contribution < -0.4 is 11.5 Å². The zero-order valence-corrected chi connectivity index (χ0v) is 13.8. The van der Waals surface area contributed by atoms with E-state index in [4.69, 9.17) is 11.5 Å². The van der Waals surface area contributed by atoms with Crippen molar-refractivity contribution in [2.45, 2.75) is 0 Å². The zero-order valence-electron chi connectivity index (χ0n) is 13.8. The molecule has 0 fully saturated rings. The molecule has 2 aliphatic rings. The Bertz CT molecular complexity index is 863. The van der Waals surface area contributed by atoms with Gasteiger partial charge in [-0.1, -0.05) is 0 Å². The summed E-state index contributed by atoms with van der Waals surface area (Å²) in [5.41, 5.74) is 12.2. The van der Waals surface area contributed by atoms with Crippen molar-refractivity contribution in [3.63, 3.8) is 0 Å². The summed E-state index contributed by atoms with van der Waals surface area (Å²) in [6.07, 6.45) is 0. The lowest BCUT2D eigenvalue weighted by atomic mass is 9.86. The van der Waals surface area contributed by atoms with E-state index in [1.54, 1.807) is 0 Å². The number of carbonyl (C=O) groups is 4. The number of hydrogen-bond acceptors (Lipinski definition) is 6. The third-order valence-corrected chi connectivity index (χ3v) is 4.77. The van der Waals surface area contributed by atoms with Gasteiger partial charge in [-0.05, 0) is 24.3 Å². The lowest BCUT2D eigenvalue weighted by Gasteiger charge is -2.31. The molecule has 0 atom stereocenters. The Morgan fingerprint density at radius 3 is 1.08 bits per heavy atom. The number of carbonyl (C=O) groups excluding carboxylic acids is 4. The Morgan fingerprint density at radius 2 is 0.846 bits per heavy atom. The molecule has 0 radical (unpaired) electrons. The minimum Gasteiger partial charge on any atom is -0.329 e. The molecule has 132 valence electrons. The van der Waals surface area contributed by atoms with Crippen LogP contribution in [0.1, 0.15) is 41.4 Å². The van der Waals surface area contributed by atoms with E-state index < -0.39 is 23.6 Å². The predicted octanol–water partition coefficient (Wildman–Crippen LogP) is -0.0508. The minimum atomic E-state index is -0.471. The van der Waals surface area contributed by atoms with Crippen LogP contribution in [0.15, 0.2) is 24.3 Å². The van der Waals surface area contributed by atoms with Crippen molar-refractivity contribution in [3.8, 4) is 0 Å². The maximum absolute atomic E-state index is 12.7. The molecule has 0 aromatic heterocycles. The van der Waals surface area contributed by atoms with E-state index in [0.717, 1.165) is 9.80 Å². The van der Waals surface area contributed by atoms with Crippen molar-refractivity contribution in [1.29, 1.82) is 0 Å². The van der Waals surface area contributed by atoms with Crippen molar-refractivity contribution < 1.29 is 19.2 Å². The van der Waals surface area contributed by atoms with E-state index in [0.29, 0.717) is 33.0 Å². The van der Waals surface area contributed by atoms with Gasteiger partial charge in [0.25, 0.3) is 23.6 Å². The highest BCUT2D eigenvalue weighted by atomic mass is 16.2. The van der Waals surface area contributed by atoms with Crippen LogP contribution in [0.3, 0.4) is 0 Å². The number of hydrogen-bond donors (Lipinski definition) is 2. The van der Waals surface area contributed by atoms with Crippen molar-refractivity contribution in [2.75, 3.05) is 26.2 Å². The first kappa shape index (κ1) is 16.4. The Hall–Kier alpha value is -3.10. The maximum atomic E-state index is 12.7. The summed E-state index contributed by atoms with van der Waals surface area (Å²) in [4.78, 5) is 53.0. The number of benzene rings is 2. The van der Waals surface area contributed by atoms with Gasteiger partial charge in [-0.15, -0.1) is 0 Å². The second-order valence-corrected chi connectivity index (χ2v) is 6.17. The molecule has 4 rings (SSSR count). The van der Waals surface area contributed by atoms with Gasteiger partial charge in [0, 0.05) is 59.2 Å². The molecule has 4 N–H and O–H groups in total. The van der Waals surface area contributed by atoms with Crippen LogP contribution in [0.25, 0.3) is 10.8 Å². The van der Waals surface area contributed by atoms with Crippen molar-refractivity contribution in [2.24, 2.45) is 11.5 Å². The summed E-state index contributed by atoms with van der Waals surface area (Å²) in [7, 11) is 0. The minimum absolute atomic E-state index is 0.101. The number of amides is 4. The molecule has 2 heterocycles. The molecule has 0 bridgehead atoms. The van der Waals surface area contributed by atoms with E-state index in [1.165, 1.54) is 24.3 Å². The van der Waals surface area contributed by atoms with Gasteiger partial charge < -0.3 is 11.5 Å². The first-order valence-corrected chi connectivity index (χ1v) is 8.23. The van der Waals surface area contributed by atoms with E-state index in [9.17, 15) is 19.2 Å². The highest BCUT2D eigenvalue weighted by Crippen LogP contribution is 2.37. The predicted molar refractivity (Wildman–Crippen MR) is 92.8 cm³/mol. The SMILES string of the molecule is NCCN1C(=O)c2ccc3c4c(ccc(c24)C1=O)C(=O)N(CCN)C3=O. The van der Waals surface area contributed by atoms with E-state index in [2.05, 4.69) is 0 Å². The monoisotopic (exact) mass is 352 g/mol. The fourth-order valence-electron chi connectivity index (χ4n) is 3.64. The average molecular weight is 352 g/mol. The molecular formula is C18H16N4O4. The van der Waals surface area contributed by atoms with Gasteiger partial charge >= 0.3 is 0 Å². The molecule has 0 saturated heterocycles. The van der Waals surface area contributed by atoms with Gasteiger partial charge in [-0.3, -0.25) is 29.0 Å². The molecule has 0 aliphatic carbocycles. The molecule has 8 heteroatoms. The lowest BCUT2D eigenvalue weighted by Crippen LogP contribution is -2.45. The van der Waals surface area contributed by atoms with Crippen LogP contribution in [-0.2, 0) is 0 Å². The van der Waals surface area contributed by atoms with Gasteiger partial charge in [0.1, 0.15) is 0 Å². The van der Waals surface area contributed by atoms with Gasteiger partial charge in [0.05, 0.1) is 0 Å². The third-order valence-electron chi connectivity index (χ3n) is 4.77. The second kappa shape index (κ2) is 5.72. The van der Waals surface area contributed by atoms with Crippen LogP contribution in [0.2, 0.25) is 0 Å². The second-order valence-electron chi connectivity index (χ2n) is 6.17. The molecule has 0 saturated carbocycles. The molecule has 4 amide bonds. The molecule has 2 aromatic rings. The topological polar surface area (TPSA) is 127 Å². The highest BCUT2D eigenvalue weighted by Gasteiger charge is 2.39. The summed E-state index contributed by atoms with van der Waals surface area (Å²) in [6, 6.07) is 6.10. The normalized spacial score (nSPS) is 16.1. The van der Waals surface area contributed by atoms with Gasteiger partial charge in [-0.25, -0.2) is 0 Å². The average Bonchev–Trinajstić information content (AvgIpc) is 2.64.